The van der Waals surface area contributed by atoms with E-state index in [2.05, 4.69) is 10.6 Å². The van der Waals surface area contributed by atoms with Gasteiger partial charge in [0.25, 0.3) is 0 Å². The first-order chi connectivity index (χ1) is 9.49. The van der Waals surface area contributed by atoms with E-state index in [0.29, 0.717) is 24.2 Å². The quantitative estimate of drug-likeness (QED) is 0.670. The van der Waals surface area contributed by atoms with Crippen LogP contribution in [0.25, 0.3) is 0 Å². The predicted molar refractivity (Wildman–Crippen MR) is 75.8 cm³/mol. The predicted octanol–water partition coefficient (Wildman–Crippen LogP) is 2.30. The van der Waals surface area contributed by atoms with Crippen molar-refractivity contribution in [3.63, 3.8) is 0 Å². The molecule has 1 aromatic carbocycles. The van der Waals surface area contributed by atoms with E-state index in [1.165, 1.54) is 12.1 Å². The Bertz CT molecular complexity index is 477. The molecule has 0 spiro atoms. The van der Waals surface area contributed by atoms with Gasteiger partial charge in [0.05, 0.1) is 0 Å². The second kappa shape index (κ2) is 8.14. The zero-order valence-electron chi connectivity index (χ0n) is 11.5. The number of unbranched alkanes of at least 4 members (excludes halogenated alkanes) is 2. The highest BCUT2D eigenvalue weighted by molar-refractivity contribution is 5.91. The Hall–Kier alpha value is -2.11. The van der Waals surface area contributed by atoms with Crippen LogP contribution in [0.15, 0.2) is 18.2 Å². The number of amides is 3. The fourth-order valence-corrected chi connectivity index (χ4v) is 1.78. The number of nitrogens with one attached hydrogen (secondary N) is 2. The summed E-state index contributed by atoms with van der Waals surface area (Å²) in [5.74, 6) is -0.412. The van der Waals surface area contributed by atoms with Crippen molar-refractivity contribution < 1.29 is 14.0 Å². The van der Waals surface area contributed by atoms with E-state index in [-0.39, 0.29) is 11.7 Å². The van der Waals surface area contributed by atoms with Crippen LogP contribution in [-0.2, 0) is 4.79 Å². The number of carbonyl (C=O) groups excluding carboxylic acids is 2. The monoisotopic (exact) mass is 281 g/mol. The van der Waals surface area contributed by atoms with Crippen molar-refractivity contribution in [1.82, 2.24) is 5.32 Å². The van der Waals surface area contributed by atoms with Gasteiger partial charge in [-0.1, -0.05) is 6.42 Å². The Morgan fingerprint density at radius 2 is 2.00 bits per heavy atom. The first-order valence-electron chi connectivity index (χ1n) is 6.58. The second-order valence-corrected chi connectivity index (χ2v) is 4.61. The number of rotatable bonds is 7. The van der Waals surface area contributed by atoms with Gasteiger partial charge in [-0.3, -0.25) is 4.79 Å². The van der Waals surface area contributed by atoms with Crippen LogP contribution < -0.4 is 16.4 Å². The number of urea groups is 1. The maximum atomic E-state index is 12.9. The maximum Gasteiger partial charge on any atom is 0.312 e. The smallest absolute Gasteiger partial charge is 0.312 e. The molecule has 0 aromatic heterocycles. The molecule has 0 aliphatic rings. The molecule has 0 bridgehead atoms. The zero-order chi connectivity index (χ0) is 15.0. The molecule has 0 fully saturated rings. The summed E-state index contributed by atoms with van der Waals surface area (Å²) in [6.07, 6.45) is 2.74. The SMILES string of the molecule is Cc1cc(F)ccc1NC(=O)CCCCCNC(N)=O. The van der Waals surface area contributed by atoms with E-state index in [1.807, 2.05) is 0 Å². The lowest BCUT2D eigenvalue weighted by molar-refractivity contribution is -0.116. The van der Waals surface area contributed by atoms with E-state index in [1.54, 1.807) is 13.0 Å². The molecule has 3 amide bonds. The topological polar surface area (TPSA) is 84.2 Å². The molecule has 0 saturated carbocycles. The van der Waals surface area contributed by atoms with Crippen molar-refractivity contribution in [1.29, 1.82) is 0 Å². The van der Waals surface area contributed by atoms with Gasteiger partial charge < -0.3 is 16.4 Å². The third kappa shape index (κ3) is 6.17. The molecule has 1 rings (SSSR count). The van der Waals surface area contributed by atoms with E-state index in [9.17, 15) is 14.0 Å². The van der Waals surface area contributed by atoms with E-state index < -0.39 is 6.03 Å². The highest BCUT2D eigenvalue weighted by Gasteiger charge is 2.05. The molecular weight excluding hydrogens is 261 g/mol. The second-order valence-electron chi connectivity index (χ2n) is 4.61. The van der Waals surface area contributed by atoms with Crippen LogP contribution in [0.5, 0.6) is 0 Å². The average Bonchev–Trinajstić information content (AvgIpc) is 2.36. The Morgan fingerprint density at radius 1 is 1.25 bits per heavy atom. The van der Waals surface area contributed by atoms with Gasteiger partial charge in [0, 0.05) is 18.7 Å². The number of primary amides is 1. The van der Waals surface area contributed by atoms with E-state index >= 15 is 0 Å². The lowest BCUT2D eigenvalue weighted by atomic mass is 10.1. The molecule has 0 radical (unpaired) electrons. The van der Waals surface area contributed by atoms with Crippen LogP contribution in [0.4, 0.5) is 14.9 Å². The molecule has 5 nitrogen and oxygen atoms in total. The summed E-state index contributed by atoms with van der Waals surface area (Å²) in [5.41, 5.74) is 6.25. The van der Waals surface area contributed by atoms with Gasteiger partial charge in [0.2, 0.25) is 5.91 Å². The molecule has 0 saturated heterocycles. The fourth-order valence-electron chi connectivity index (χ4n) is 1.78. The Morgan fingerprint density at radius 3 is 2.65 bits per heavy atom. The molecule has 0 atom stereocenters. The minimum atomic E-state index is -0.533. The van der Waals surface area contributed by atoms with Crippen molar-refractivity contribution in [2.75, 3.05) is 11.9 Å². The number of aryl methyl sites for hydroxylation is 1. The fraction of sp³-hybridized carbons (Fsp3) is 0.429. The first kappa shape index (κ1) is 15.9. The van der Waals surface area contributed by atoms with Gasteiger partial charge in [-0.2, -0.15) is 0 Å². The lowest BCUT2D eigenvalue weighted by Gasteiger charge is -2.08. The van der Waals surface area contributed by atoms with Gasteiger partial charge in [-0.05, 0) is 43.5 Å². The van der Waals surface area contributed by atoms with Gasteiger partial charge in [-0.15, -0.1) is 0 Å². The van der Waals surface area contributed by atoms with Crippen LogP contribution in [0.1, 0.15) is 31.2 Å². The number of anilines is 1. The Balaban J connectivity index is 2.22. The minimum absolute atomic E-state index is 0.0948. The summed E-state index contributed by atoms with van der Waals surface area (Å²) in [4.78, 5) is 22.1. The third-order valence-corrected chi connectivity index (χ3v) is 2.84. The summed E-state index contributed by atoms with van der Waals surface area (Å²) in [6, 6.07) is 3.72. The highest BCUT2D eigenvalue weighted by Crippen LogP contribution is 2.16. The molecule has 20 heavy (non-hydrogen) atoms. The Labute approximate surface area is 117 Å². The highest BCUT2D eigenvalue weighted by atomic mass is 19.1. The van der Waals surface area contributed by atoms with Crippen LogP contribution in [0.2, 0.25) is 0 Å². The first-order valence-corrected chi connectivity index (χ1v) is 6.58. The molecule has 6 heteroatoms. The van der Waals surface area contributed by atoms with E-state index in [4.69, 9.17) is 5.73 Å². The number of hydrogen-bond acceptors (Lipinski definition) is 2. The Kier molecular flexibility index (Phi) is 6.49. The lowest BCUT2D eigenvalue weighted by Crippen LogP contribution is -2.29. The third-order valence-electron chi connectivity index (χ3n) is 2.84. The summed E-state index contributed by atoms with van der Waals surface area (Å²) >= 11 is 0. The van der Waals surface area contributed by atoms with Gasteiger partial charge >= 0.3 is 6.03 Å². The largest absolute Gasteiger partial charge is 0.352 e. The molecule has 0 heterocycles. The van der Waals surface area contributed by atoms with Crippen LogP contribution in [0, 0.1) is 12.7 Å². The molecule has 0 aliphatic carbocycles. The van der Waals surface area contributed by atoms with Crippen molar-refractivity contribution in [2.24, 2.45) is 5.73 Å². The van der Waals surface area contributed by atoms with Crippen molar-refractivity contribution >= 4 is 17.6 Å². The van der Waals surface area contributed by atoms with Crippen molar-refractivity contribution in [2.45, 2.75) is 32.6 Å². The van der Waals surface area contributed by atoms with Crippen LogP contribution in [-0.4, -0.2) is 18.5 Å². The molecule has 0 unspecified atom stereocenters. The minimum Gasteiger partial charge on any atom is -0.352 e. The molecule has 0 aliphatic heterocycles. The van der Waals surface area contributed by atoms with Gasteiger partial charge in [0.15, 0.2) is 0 Å². The number of hydrogen-bond donors (Lipinski definition) is 3. The standard InChI is InChI=1S/C14H20FN3O2/c1-10-9-11(15)6-7-12(10)18-13(19)5-3-2-4-8-17-14(16)20/h6-7,9H,2-5,8H2,1H3,(H,18,19)(H3,16,17,20). The number of carbonyl (C=O) groups is 2. The van der Waals surface area contributed by atoms with E-state index in [0.717, 1.165) is 19.3 Å². The normalized spacial score (nSPS) is 10.1. The van der Waals surface area contributed by atoms with Gasteiger partial charge in [0.1, 0.15) is 5.82 Å². The summed E-state index contributed by atoms with van der Waals surface area (Å²) in [7, 11) is 0. The summed E-state index contributed by atoms with van der Waals surface area (Å²) in [6.45, 7) is 2.27. The number of benzene rings is 1. The van der Waals surface area contributed by atoms with Crippen LogP contribution >= 0.6 is 0 Å². The molecule has 1 aromatic rings. The molecule has 110 valence electrons. The number of nitrogens with two attached hydrogens (primary N) is 1. The molecular formula is C14H20FN3O2. The maximum absolute atomic E-state index is 12.9. The van der Waals surface area contributed by atoms with Crippen LogP contribution in [0.3, 0.4) is 0 Å². The molecule has 4 N–H and O–H groups in total. The van der Waals surface area contributed by atoms with Gasteiger partial charge in [-0.25, -0.2) is 9.18 Å². The number of halogens is 1. The average molecular weight is 281 g/mol. The van der Waals surface area contributed by atoms with Crippen molar-refractivity contribution in [3.8, 4) is 0 Å². The summed E-state index contributed by atoms with van der Waals surface area (Å²) in [5, 5.41) is 5.24. The summed E-state index contributed by atoms with van der Waals surface area (Å²) < 4.78 is 12.9. The van der Waals surface area contributed by atoms with Crippen molar-refractivity contribution in [3.05, 3.63) is 29.6 Å². The zero-order valence-corrected chi connectivity index (χ0v) is 11.5.